The van der Waals surface area contributed by atoms with Crippen molar-refractivity contribution in [2.75, 3.05) is 18.0 Å². The lowest BCUT2D eigenvalue weighted by Gasteiger charge is -2.43. The minimum absolute atomic E-state index is 0.0294. The molecule has 0 unspecified atom stereocenters. The summed E-state index contributed by atoms with van der Waals surface area (Å²) in [4.78, 5) is 16.9. The van der Waals surface area contributed by atoms with E-state index in [2.05, 4.69) is 47.6 Å². The van der Waals surface area contributed by atoms with Gasteiger partial charge < -0.3 is 9.47 Å². The third-order valence-corrected chi connectivity index (χ3v) is 10.5. The van der Waals surface area contributed by atoms with Crippen LogP contribution < -0.4 is 9.62 Å². The summed E-state index contributed by atoms with van der Waals surface area (Å²) >= 11 is 8.08. The summed E-state index contributed by atoms with van der Waals surface area (Å²) in [6.07, 6.45) is 13.0. The number of hydrogen-bond donors (Lipinski definition) is 1. The maximum atomic E-state index is 13.1. The number of pyridine rings is 1. The highest BCUT2D eigenvalue weighted by atomic mass is 35.5. The Morgan fingerprint density at radius 2 is 1.90 bits per heavy atom. The van der Waals surface area contributed by atoms with Crippen LogP contribution in [0.3, 0.4) is 0 Å². The Balaban J connectivity index is 1.14. The number of fused-ring (bicyclic) bond motifs is 1. The van der Waals surface area contributed by atoms with Crippen LogP contribution in [0.1, 0.15) is 45.3 Å². The second kappa shape index (κ2) is 10.3. The predicted molar refractivity (Wildman–Crippen MR) is 155 cm³/mol. The van der Waals surface area contributed by atoms with Crippen LogP contribution in [0.25, 0.3) is 5.82 Å². The van der Waals surface area contributed by atoms with Gasteiger partial charge in [0.15, 0.2) is 5.82 Å². The van der Waals surface area contributed by atoms with Gasteiger partial charge in [-0.1, -0.05) is 23.4 Å². The van der Waals surface area contributed by atoms with Crippen LogP contribution >= 0.6 is 23.4 Å². The molecule has 1 saturated heterocycles. The van der Waals surface area contributed by atoms with Gasteiger partial charge in [0.25, 0.3) is 0 Å². The molecule has 0 radical (unpaired) electrons. The van der Waals surface area contributed by atoms with Gasteiger partial charge in [0, 0.05) is 60.4 Å². The Labute approximate surface area is 240 Å². The standard InChI is InChI=1S/C27H31ClN8OS2/c1-26(2,3)39(37)33-24-19-6-4-12-35(19)18-27(24)8-14-34(15-9-27)21-16-31-22(17-30-21)38-20-7-11-29-25(23(20)28)36-13-5-10-32-36/h4-7,10-13,16-17,24,33H,8-9,14-15,18H2,1-3H3/t24-,39-/m1/s1. The van der Waals surface area contributed by atoms with E-state index in [9.17, 15) is 4.21 Å². The third-order valence-electron chi connectivity index (χ3n) is 7.51. The molecule has 1 fully saturated rings. The highest BCUT2D eigenvalue weighted by Gasteiger charge is 2.49. The van der Waals surface area contributed by atoms with Crippen molar-refractivity contribution < 1.29 is 4.21 Å². The molecule has 0 aliphatic carbocycles. The third kappa shape index (κ3) is 5.13. The highest BCUT2D eigenvalue weighted by Crippen LogP contribution is 2.50. The summed E-state index contributed by atoms with van der Waals surface area (Å²) in [5.41, 5.74) is 1.26. The van der Waals surface area contributed by atoms with E-state index in [1.165, 1.54) is 17.5 Å². The van der Waals surface area contributed by atoms with Crippen molar-refractivity contribution in [1.82, 2.24) is 34.0 Å². The van der Waals surface area contributed by atoms with Crippen molar-refractivity contribution in [3.8, 4) is 5.82 Å². The normalized spacial score (nSPS) is 19.4. The largest absolute Gasteiger partial charge is 0.355 e. The number of halogens is 1. The first kappa shape index (κ1) is 26.5. The van der Waals surface area contributed by atoms with Crippen molar-refractivity contribution in [2.24, 2.45) is 5.41 Å². The first-order valence-corrected chi connectivity index (χ1v) is 15.3. The molecular formula is C27H31ClN8OS2. The van der Waals surface area contributed by atoms with Crippen molar-refractivity contribution in [1.29, 1.82) is 0 Å². The molecule has 4 aromatic heterocycles. The fourth-order valence-corrected chi connectivity index (χ4v) is 7.36. The van der Waals surface area contributed by atoms with Crippen molar-refractivity contribution in [3.05, 3.63) is 72.2 Å². The van der Waals surface area contributed by atoms with Crippen LogP contribution in [-0.2, 0) is 17.5 Å². The van der Waals surface area contributed by atoms with E-state index in [-0.39, 0.29) is 16.2 Å². The van der Waals surface area contributed by atoms with Crippen molar-refractivity contribution in [2.45, 2.75) is 60.9 Å². The van der Waals surface area contributed by atoms with Crippen molar-refractivity contribution >= 4 is 40.2 Å². The molecule has 204 valence electrons. The molecule has 12 heteroatoms. The highest BCUT2D eigenvalue weighted by molar-refractivity contribution is 7.99. The molecule has 1 spiro atoms. The molecule has 6 heterocycles. The number of rotatable bonds is 6. The van der Waals surface area contributed by atoms with E-state index in [4.69, 9.17) is 16.6 Å². The number of aromatic nitrogens is 6. The summed E-state index contributed by atoms with van der Waals surface area (Å²) in [6, 6.07) is 8.01. The maximum absolute atomic E-state index is 13.1. The Morgan fingerprint density at radius 1 is 1.08 bits per heavy atom. The first-order chi connectivity index (χ1) is 18.7. The topological polar surface area (TPSA) is 93.8 Å². The lowest BCUT2D eigenvalue weighted by atomic mass is 9.73. The molecule has 2 aliphatic heterocycles. The minimum atomic E-state index is -1.14. The van der Waals surface area contributed by atoms with Gasteiger partial charge in [0.2, 0.25) is 0 Å². The zero-order valence-electron chi connectivity index (χ0n) is 22.1. The Kier molecular flexibility index (Phi) is 7.03. The van der Waals surface area contributed by atoms with E-state index in [1.54, 1.807) is 23.3 Å². The minimum Gasteiger partial charge on any atom is -0.355 e. The molecule has 0 bridgehead atoms. The van der Waals surface area contributed by atoms with Gasteiger partial charge in [-0.25, -0.2) is 28.6 Å². The summed E-state index contributed by atoms with van der Waals surface area (Å²) in [7, 11) is -1.14. The molecule has 1 N–H and O–H groups in total. The SMILES string of the molecule is CC(C)(C)[S@@](=O)N[C@@H]1c2cccn2CC12CCN(c1cnc(Sc3ccnc(-n4cccn4)c3Cl)cn1)CC2. The van der Waals surface area contributed by atoms with Gasteiger partial charge >= 0.3 is 0 Å². The molecule has 6 rings (SSSR count). The fraction of sp³-hybridized carbons (Fsp3) is 0.407. The summed E-state index contributed by atoms with van der Waals surface area (Å²) < 4.78 is 20.2. The summed E-state index contributed by atoms with van der Waals surface area (Å²) in [6.45, 7) is 8.73. The molecule has 9 nitrogen and oxygen atoms in total. The molecule has 4 aromatic rings. The average molecular weight is 583 g/mol. The maximum Gasteiger partial charge on any atom is 0.173 e. The molecule has 0 amide bonds. The fourth-order valence-electron chi connectivity index (χ4n) is 5.36. The second-order valence-electron chi connectivity index (χ2n) is 11.1. The average Bonchev–Trinajstić information content (AvgIpc) is 3.66. The second-order valence-corrected chi connectivity index (χ2v) is 14.5. The quantitative estimate of drug-likeness (QED) is 0.340. The van der Waals surface area contributed by atoms with Crippen LogP contribution in [-0.4, -0.2) is 51.3 Å². The van der Waals surface area contributed by atoms with E-state index in [0.29, 0.717) is 10.8 Å². The number of piperidine rings is 1. The van der Waals surface area contributed by atoms with Gasteiger partial charge in [0.1, 0.15) is 10.8 Å². The number of anilines is 1. The lowest BCUT2D eigenvalue weighted by Crippen LogP contribution is -2.48. The zero-order chi connectivity index (χ0) is 27.2. The van der Waals surface area contributed by atoms with Gasteiger partial charge in [-0.15, -0.1) is 0 Å². The molecule has 2 aliphatic rings. The van der Waals surface area contributed by atoms with Crippen LogP contribution in [0.5, 0.6) is 0 Å². The van der Waals surface area contributed by atoms with Gasteiger partial charge in [-0.2, -0.15) is 5.10 Å². The Hall–Kier alpha value is -2.73. The Morgan fingerprint density at radius 3 is 2.59 bits per heavy atom. The number of nitrogens with zero attached hydrogens (tertiary/aromatic N) is 7. The van der Waals surface area contributed by atoms with Crippen LogP contribution in [0.15, 0.2) is 71.4 Å². The van der Waals surface area contributed by atoms with Gasteiger partial charge in [0.05, 0.1) is 39.2 Å². The first-order valence-electron chi connectivity index (χ1n) is 13.0. The van der Waals surface area contributed by atoms with E-state index >= 15 is 0 Å². The van der Waals surface area contributed by atoms with Crippen LogP contribution in [0, 0.1) is 5.41 Å². The monoisotopic (exact) mass is 582 g/mol. The molecule has 0 saturated carbocycles. The van der Waals surface area contributed by atoms with Gasteiger partial charge in [-0.3, -0.25) is 0 Å². The van der Waals surface area contributed by atoms with Crippen LogP contribution in [0.4, 0.5) is 5.82 Å². The number of nitrogens with one attached hydrogen (secondary N) is 1. The molecular weight excluding hydrogens is 552 g/mol. The molecule has 39 heavy (non-hydrogen) atoms. The molecule has 0 aromatic carbocycles. The summed E-state index contributed by atoms with van der Waals surface area (Å²) in [5.74, 6) is 1.45. The summed E-state index contributed by atoms with van der Waals surface area (Å²) in [5, 5.41) is 5.51. The number of hydrogen-bond acceptors (Lipinski definition) is 7. The predicted octanol–water partition coefficient (Wildman–Crippen LogP) is 5.06. The van der Waals surface area contributed by atoms with Gasteiger partial charge in [-0.05, 0) is 57.9 Å². The van der Waals surface area contributed by atoms with E-state index in [1.807, 2.05) is 45.3 Å². The lowest BCUT2D eigenvalue weighted by molar-refractivity contribution is 0.165. The Bertz CT molecular complexity index is 1470. The zero-order valence-corrected chi connectivity index (χ0v) is 24.5. The molecule has 2 atom stereocenters. The van der Waals surface area contributed by atoms with E-state index in [0.717, 1.165) is 48.2 Å². The van der Waals surface area contributed by atoms with Crippen LogP contribution in [0.2, 0.25) is 5.02 Å². The van der Waals surface area contributed by atoms with Crippen molar-refractivity contribution in [3.63, 3.8) is 0 Å². The smallest absolute Gasteiger partial charge is 0.173 e. The van der Waals surface area contributed by atoms with E-state index < -0.39 is 11.0 Å².